The van der Waals surface area contributed by atoms with Crippen molar-refractivity contribution in [3.8, 4) is 0 Å². The van der Waals surface area contributed by atoms with Gasteiger partial charge in [-0.05, 0) is 31.4 Å². The zero-order chi connectivity index (χ0) is 24.8. The van der Waals surface area contributed by atoms with E-state index < -0.39 is 34.6 Å². The van der Waals surface area contributed by atoms with Crippen molar-refractivity contribution in [1.82, 2.24) is 4.90 Å². The van der Waals surface area contributed by atoms with Crippen LogP contribution in [0.1, 0.15) is 33.6 Å². The Bertz CT molecular complexity index is 982. The number of esters is 1. The third-order valence-corrected chi connectivity index (χ3v) is 11.1. The second-order valence-electron chi connectivity index (χ2n) is 9.27. The standard InChI is InChI=1S/C24H30BrClN2O5S/c1-4-12(3)16(11-29)28-20(21(30)27-15-9-7-6-8-14(15)26)24-10-13(25)19(34-24)17(18(24)22(28)31)23(32)33-5-2/h6-9,12-13,16-20,29H,4-5,10-11H2,1-3H3,(H,27,30)/t12-,13?,16-,17+,18-,19+,20?,24?/m0/s1. The molecule has 1 aromatic carbocycles. The van der Waals surface area contributed by atoms with Crippen molar-refractivity contribution in [3.63, 3.8) is 0 Å². The fourth-order valence-corrected chi connectivity index (χ4v) is 9.58. The van der Waals surface area contributed by atoms with Gasteiger partial charge >= 0.3 is 5.97 Å². The number of hydrogen-bond donors (Lipinski definition) is 2. The molecule has 10 heteroatoms. The van der Waals surface area contributed by atoms with E-state index >= 15 is 0 Å². The molecule has 3 aliphatic rings. The largest absolute Gasteiger partial charge is 0.466 e. The van der Waals surface area contributed by atoms with Crippen LogP contribution in [0.25, 0.3) is 0 Å². The molecule has 8 atom stereocenters. The predicted octanol–water partition coefficient (Wildman–Crippen LogP) is 3.71. The maximum absolute atomic E-state index is 14.0. The molecule has 3 saturated heterocycles. The molecule has 0 saturated carbocycles. The lowest BCUT2D eigenvalue weighted by atomic mass is 9.71. The van der Waals surface area contributed by atoms with Gasteiger partial charge in [-0.15, -0.1) is 11.8 Å². The zero-order valence-corrected chi connectivity index (χ0v) is 22.5. The first kappa shape index (κ1) is 25.8. The number of nitrogens with zero attached hydrogens (tertiary/aromatic N) is 1. The number of nitrogens with one attached hydrogen (secondary N) is 1. The smallest absolute Gasteiger partial charge is 0.310 e. The lowest BCUT2D eigenvalue weighted by Crippen LogP contribution is -2.56. The van der Waals surface area contributed by atoms with Gasteiger partial charge in [0.15, 0.2) is 0 Å². The van der Waals surface area contributed by atoms with E-state index in [2.05, 4.69) is 21.2 Å². The Hall–Kier alpha value is -1.29. The summed E-state index contributed by atoms with van der Waals surface area (Å²) in [6, 6.07) is 5.54. The minimum Gasteiger partial charge on any atom is -0.466 e. The van der Waals surface area contributed by atoms with Crippen LogP contribution in [0.5, 0.6) is 0 Å². The van der Waals surface area contributed by atoms with Gasteiger partial charge in [0.2, 0.25) is 11.8 Å². The molecule has 3 fully saturated rings. The Morgan fingerprint density at radius 1 is 1.38 bits per heavy atom. The lowest BCUT2D eigenvalue weighted by Gasteiger charge is -2.39. The number of likely N-dealkylation sites (tertiary alicyclic amines) is 1. The van der Waals surface area contributed by atoms with Crippen molar-refractivity contribution in [3.05, 3.63) is 29.3 Å². The Morgan fingerprint density at radius 2 is 2.09 bits per heavy atom. The molecule has 2 bridgehead atoms. The number of ether oxygens (including phenoxy) is 1. The van der Waals surface area contributed by atoms with Crippen LogP contribution in [0.3, 0.4) is 0 Å². The van der Waals surface area contributed by atoms with Crippen molar-refractivity contribution < 1.29 is 24.2 Å². The number of fused-ring (bicyclic) bond motifs is 1. The first-order chi connectivity index (χ1) is 16.2. The molecule has 1 spiro atoms. The van der Waals surface area contributed by atoms with Crippen LogP contribution >= 0.6 is 39.3 Å². The van der Waals surface area contributed by atoms with E-state index in [9.17, 15) is 19.5 Å². The fourth-order valence-electron chi connectivity index (χ4n) is 5.81. The molecule has 3 aliphatic heterocycles. The van der Waals surface area contributed by atoms with E-state index in [1.165, 1.54) is 0 Å². The third kappa shape index (κ3) is 3.96. The van der Waals surface area contributed by atoms with Crippen LogP contribution < -0.4 is 5.32 Å². The Labute approximate surface area is 217 Å². The molecule has 3 heterocycles. The third-order valence-electron chi connectivity index (χ3n) is 7.51. The number of thioether (sulfide) groups is 1. The normalized spacial score (nSPS) is 33.5. The number of halogens is 2. The number of benzene rings is 1. The van der Waals surface area contributed by atoms with Crippen molar-refractivity contribution in [2.45, 2.75) is 60.5 Å². The van der Waals surface area contributed by atoms with Crippen molar-refractivity contribution in [2.24, 2.45) is 17.8 Å². The van der Waals surface area contributed by atoms with Crippen LogP contribution in [0.15, 0.2) is 24.3 Å². The summed E-state index contributed by atoms with van der Waals surface area (Å²) in [5, 5.41) is 13.5. The SMILES string of the molecule is CCOC(=O)[C@H]1[C@@H]2SC3(CC2Br)C(C(=O)Nc2ccccc2Cl)N([C@@H](CO)[C@@H](C)CC)C(=O)[C@H]13. The van der Waals surface area contributed by atoms with Crippen molar-refractivity contribution in [2.75, 3.05) is 18.5 Å². The molecule has 4 rings (SSSR count). The van der Waals surface area contributed by atoms with E-state index in [4.69, 9.17) is 16.3 Å². The molecule has 0 radical (unpaired) electrons. The van der Waals surface area contributed by atoms with Crippen LogP contribution in [-0.2, 0) is 19.1 Å². The fraction of sp³-hybridized carbons (Fsp3) is 0.625. The van der Waals surface area contributed by atoms with E-state index in [0.717, 1.165) is 6.42 Å². The number of anilines is 1. The van der Waals surface area contributed by atoms with Crippen LogP contribution in [0, 0.1) is 17.8 Å². The zero-order valence-electron chi connectivity index (χ0n) is 19.4. The molecule has 186 valence electrons. The van der Waals surface area contributed by atoms with Gasteiger partial charge in [-0.2, -0.15) is 0 Å². The quantitative estimate of drug-likeness (QED) is 0.364. The Balaban J connectivity index is 1.80. The molecule has 3 unspecified atom stereocenters. The average molecular weight is 574 g/mol. The highest BCUT2D eigenvalue weighted by Gasteiger charge is 2.76. The first-order valence-corrected chi connectivity index (χ1v) is 13.9. The number of para-hydroxylation sites is 1. The molecule has 0 aliphatic carbocycles. The summed E-state index contributed by atoms with van der Waals surface area (Å²) in [6.07, 6.45) is 1.29. The highest BCUT2D eigenvalue weighted by Crippen LogP contribution is 2.68. The number of alkyl halides is 1. The number of carbonyl (C=O) groups excluding carboxylic acids is 3. The highest BCUT2D eigenvalue weighted by atomic mass is 79.9. The van der Waals surface area contributed by atoms with Gasteiger partial charge in [-0.3, -0.25) is 14.4 Å². The number of amides is 2. The van der Waals surface area contributed by atoms with Gasteiger partial charge < -0.3 is 20.1 Å². The molecular weight excluding hydrogens is 544 g/mol. The summed E-state index contributed by atoms with van der Waals surface area (Å²) in [5.41, 5.74) is 0.459. The first-order valence-electron chi connectivity index (χ1n) is 11.7. The van der Waals surface area contributed by atoms with Gasteiger partial charge in [0, 0.05) is 10.1 Å². The Kier molecular flexibility index (Phi) is 7.58. The maximum Gasteiger partial charge on any atom is 0.310 e. The molecule has 34 heavy (non-hydrogen) atoms. The lowest BCUT2D eigenvalue weighted by molar-refractivity contribution is -0.154. The van der Waals surface area contributed by atoms with Crippen LogP contribution in [0.2, 0.25) is 5.02 Å². The van der Waals surface area contributed by atoms with Crippen molar-refractivity contribution >= 4 is 62.8 Å². The van der Waals surface area contributed by atoms with Gasteiger partial charge in [0.05, 0.1) is 46.5 Å². The number of aliphatic hydroxyl groups is 1. The molecule has 2 N–H and O–H groups in total. The topological polar surface area (TPSA) is 95.9 Å². The second kappa shape index (κ2) is 9.99. The number of hydrogen-bond acceptors (Lipinski definition) is 6. The minimum atomic E-state index is -0.859. The van der Waals surface area contributed by atoms with E-state index in [-0.39, 0.29) is 41.0 Å². The second-order valence-corrected chi connectivity index (χ2v) is 12.4. The molecule has 1 aromatic rings. The maximum atomic E-state index is 14.0. The highest BCUT2D eigenvalue weighted by molar-refractivity contribution is 9.09. The molecule has 0 aromatic heterocycles. The van der Waals surface area contributed by atoms with Gasteiger partial charge in [-0.1, -0.05) is 59.9 Å². The van der Waals surface area contributed by atoms with Crippen molar-refractivity contribution in [1.29, 1.82) is 0 Å². The molecule has 2 amide bonds. The number of aliphatic hydroxyl groups excluding tert-OH is 1. The summed E-state index contributed by atoms with van der Waals surface area (Å²) < 4.78 is 4.56. The van der Waals surface area contributed by atoms with Gasteiger partial charge in [0.1, 0.15) is 6.04 Å². The van der Waals surface area contributed by atoms with Crippen LogP contribution in [-0.4, -0.2) is 67.9 Å². The summed E-state index contributed by atoms with van der Waals surface area (Å²) in [7, 11) is 0. The monoisotopic (exact) mass is 572 g/mol. The van der Waals surface area contributed by atoms with Crippen LogP contribution in [0.4, 0.5) is 5.69 Å². The predicted molar refractivity (Wildman–Crippen MR) is 136 cm³/mol. The molecule has 7 nitrogen and oxygen atoms in total. The summed E-state index contributed by atoms with van der Waals surface area (Å²) in [6.45, 7) is 5.65. The van der Waals surface area contributed by atoms with E-state index in [1.807, 2.05) is 13.8 Å². The number of rotatable bonds is 8. The minimum absolute atomic E-state index is 0.0391. The summed E-state index contributed by atoms with van der Waals surface area (Å²) in [5.74, 6) is -2.39. The van der Waals surface area contributed by atoms with Gasteiger partial charge in [0.25, 0.3) is 0 Å². The van der Waals surface area contributed by atoms with Gasteiger partial charge in [-0.25, -0.2) is 0 Å². The van der Waals surface area contributed by atoms with E-state index in [0.29, 0.717) is 17.1 Å². The Morgan fingerprint density at radius 3 is 2.71 bits per heavy atom. The molecular formula is C24H30BrClN2O5S. The summed E-state index contributed by atoms with van der Waals surface area (Å²) >= 11 is 11.6. The van der Waals surface area contributed by atoms with E-state index in [1.54, 1.807) is 47.9 Å². The summed E-state index contributed by atoms with van der Waals surface area (Å²) in [4.78, 5) is 42.5. The average Bonchev–Trinajstić information content (AvgIpc) is 3.39. The number of carbonyl (C=O) groups is 3.